The van der Waals surface area contributed by atoms with E-state index < -0.39 is 6.04 Å². The van der Waals surface area contributed by atoms with Crippen molar-refractivity contribution in [3.8, 4) is 0 Å². The number of carbonyl (C=O) groups is 2. The number of halogens is 1. The molecule has 0 heterocycles. The first-order valence-electron chi connectivity index (χ1n) is 11.3. The Morgan fingerprint density at radius 3 is 2.24 bits per heavy atom. The Bertz CT molecular complexity index is 1080. The first-order chi connectivity index (χ1) is 15.8. The minimum atomic E-state index is -0.620. The van der Waals surface area contributed by atoms with E-state index in [1.165, 1.54) is 0 Å². The molecular formula is C28H31BrN2O2. The van der Waals surface area contributed by atoms with Gasteiger partial charge in [0.1, 0.15) is 6.04 Å². The Hall–Kier alpha value is -2.92. The lowest BCUT2D eigenvalue weighted by Crippen LogP contribution is -2.52. The number of amides is 2. The molecule has 0 unspecified atom stereocenters. The summed E-state index contributed by atoms with van der Waals surface area (Å²) in [6.45, 7) is 6.23. The highest BCUT2D eigenvalue weighted by atomic mass is 79.9. The number of nitrogens with one attached hydrogen (secondary N) is 1. The Kier molecular flexibility index (Phi) is 8.84. The molecular weight excluding hydrogens is 476 g/mol. The van der Waals surface area contributed by atoms with Gasteiger partial charge in [-0.3, -0.25) is 9.59 Å². The molecule has 1 N–H and O–H groups in total. The summed E-state index contributed by atoms with van der Waals surface area (Å²) >= 11 is 3.52. The van der Waals surface area contributed by atoms with Crippen LogP contribution >= 0.6 is 15.9 Å². The number of carbonyl (C=O) groups excluding carboxylic acids is 2. The summed E-state index contributed by atoms with van der Waals surface area (Å²) in [4.78, 5) is 28.8. The van der Waals surface area contributed by atoms with Crippen LogP contribution in [0.4, 0.5) is 0 Å². The molecule has 0 radical (unpaired) electrons. The molecule has 3 rings (SSSR count). The Morgan fingerprint density at radius 2 is 1.58 bits per heavy atom. The van der Waals surface area contributed by atoms with Crippen LogP contribution in [0, 0.1) is 6.92 Å². The maximum atomic E-state index is 13.7. The molecule has 0 aromatic heterocycles. The van der Waals surface area contributed by atoms with Crippen LogP contribution in [0.15, 0.2) is 83.3 Å². The van der Waals surface area contributed by atoms with Crippen LogP contribution in [-0.2, 0) is 29.0 Å². The van der Waals surface area contributed by atoms with Crippen LogP contribution < -0.4 is 5.32 Å². The molecule has 172 valence electrons. The molecule has 0 bridgehead atoms. The van der Waals surface area contributed by atoms with Gasteiger partial charge in [0.25, 0.3) is 0 Å². The highest BCUT2D eigenvalue weighted by molar-refractivity contribution is 9.10. The van der Waals surface area contributed by atoms with Crippen molar-refractivity contribution in [3.05, 3.63) is 106 Å². The summed E-state index contributed by atoms with van der Waals surface area (Å²) in [7, 11) is 0. The van der Waals surface area contributed by atoms with Crippen LogP contribution in [0.2, 0.25) is 0 Å². The monoisotopic (exact) mass is 506 g/mol. The normalized spacial score (nSPS) is 11.8. The predicted octanol–water partition coefficient (Wildman–Crippen LogP) is 5.46. The molecule has 2 amide bonds. The van der Waals surface area contributed by atoms with E-state index in [1.54, 1.807) is 4.90 Å². The molecule has 0 aliphatic heterocycles. The fourth-order valence-corrected chi connectivity index (χ4v) is 4.29. The van der Waals surface area contributed by atoms with Crippen molar-refractivity contribution in [3.63, 3.8) is 0 Å². The van der Waals surface area contributed by atoms with E-state index in [1.807, 2.05) is 99.6 Å². The van der Waals surface area contributed by atoms with Gasteiger partial charge >= 0.3 is 0 Å². The van der Waals surface area contributed by atoms with Crippen LogP contribution in [0.1, 0.15) is 36.1 Å². The largest absolute Gasteiger partial charge is 0.352 e. The molecule has 0 fully saturated rings. The Balaban J connectivity index is 1.98. The van der Waals surface area contributed by atoms with E-state index in [-0.39, 0.29) is 24.3 Å². The van der Waals surface area contributed by atoms with Crippen molar-refractivity contribution in [1.82, 2.24) is 10.2 Å². The van der Waals surface area contributed by atoms with Gasteiger partial charge in [-0.25, -0.2) is 0 Å². The smallest absolute Gasteiger partial charge is 0.243 e. The summed E-state index contributed by atoms with van der Waals surface area (Å²) in [6.07, 6.45) is 0.702. The third-order valence-electron chi connectivity index (χ3n) is 5.55. The lowest BCUT2D eigenvalue weighted by molar-refractivity contribution is -0.141. The van der Waals surface area contributed by atoms with E-state index in [2.05, 4.69) is 21.2 Å². The summed E-state index contributed by atoms with van der Waals surface area (Å²) in [5, 5.41) is 3.03. The van der Waals surface area contributed by atoms with Gasteiger partial charge in [-0.05, 0) is 55.2 Å². The minimum Gasteiger partial charge on any atom is -0.352 e. The van der Waals surface area contributed by atoms with Crippen LogP contribution in [0.3, 0.4) is 0 Å². The molecule has 0 saturated heterocycles. The third kappa shape index (κ3) is 7.29. The van der Waals surface area contributed by atoms with Gasteiger partial charge in [0.2, 0.25) is 11.8 Å². The van der Waals surface area contributed by atoms with Gasteiger partial charge in [-0.15, -0.1) is 0 Å². The fraction of sp³-hybridized carbons (Fsp3) is 0.286. The van der Waals surface area contributed by atoms with Crippen molar-refractivity contribution in [1.29, 1.82) is 0 Å². The molecule has 0 aliphatic carbocycles. The highest BCUT2D eigenvalue weighted by Gasteiger charge is 2.31. The molecule has 0 aliphatic rings. The van der Waals surface area contributed by atoms with E-state index >= 15 is 0 Å². The van der Waals surface area contributed by atoms with Gasteiger partial charge in [0.15, 0.2) is 0 Å². The van der Waals surface area contributed by atoms with E-state index in [0.29, 0.717) is 13.0 Å². The van der Waals surface area contributed by atoms with E-state index in [0.717, 1.165) is 26.7 Å². The second-order valence-corrected chi connectivity index (χ2v) is 9.54. The van der Waals surface area contributed by atoms with E-state index in [4.69, 9.17) is 0 Å². The zero-order valence-corrected chi connectivity index (χ0v) is 21.0. The zero-order chi connectivity index (χ0) is 23.8. The molecule has 1 atom stereocenters. The first kappa shape index (κ1) is 24.7. The lowest BCUT2D eigenvalue weighted by atomic mass is 10.00. The quantitative estimate of drug-likeness (QED) is 0.418. The number of aryl methyl sites for hydroxylation is 1. The predicted molar refractivity (Wildman–Crippen MR) is 137 cm³/mol. The standard InChI is InChI=1S/C28H31BrN2O2/c1-20(2)30-28(33)26(17-22-11-5-4-6-12-22)31(19-23-13-9-15-25(29)16-23)27(32)18-24-14-8-7-10-21(24)3/h4-16,20,26H,17-19H2,1-3H3,(H,30,33)/t26-/m0/s1. The topological polar surface area (TPSA) is 49.4 Å². The summed E-state index contributed by atoms with van der Waals surface area (Å²) in [5.41, 5.74) is 4.03. The van der Waals surface area contributed by atoms with Crippen LogP contribution in [0.5, 0.6) is 0 Å². The fourth-order valence-electron chi connectivity index (χ4n) is 3.84. The SMILES string of the molecule is Cc1ccccc1CC(=O)N(Cc1cccc(Br)c1)[C@@H](Cc1ccccc1)C(=O)NC(C)C. The maximum Gasteiger partial charge on any atom is 0.243 e. The molecule has 33 heavy (non-hydrogen) atoms. The lowest BCUT2D eigenvalue weighted by Gasteiger charge is -2.32. The van der Waals surface area contributed by atoms with Crippen molar-refractivity contribution < 1.29 is 9.59 Å². The maximum absolute atomic E-state index is 13.7. The number of nitrogens with zero attached hydrogens (tertiary/aromatic N) is 1. The Labute approximate surface area is 205 Å². The summed E-state index contributed by atoms with van der Waals surface area (Å²) in [6, 6.07) is 25.0. The number of rotatable bonds is 9. The van der Waals surface area contributed by atoms with E-state index in [9.17, 15) is 9.59 Å². The zero-order valence-electron chi connectivity index (χ0n) is 19.4. The van der Waals surface area contributed by atoms with Crippen molar-refractivity contribution in [2.45, 2.75) is 52.2 Å². The third-order valence-corrected chi connectivity index (χ3v) is 6.04. The van der Waals surface area contributed by atoms with Crippen molar-refractivity contribution in [2.75, 3.05) is 0 Å². The van der Waals surface area contributed by atoms with Crippen molar-refractivity contribution in [2.24, 2.45) is 0 Å². The van der Waals surface area contributed by atoms with Gasteiger partial charge < -0.3 is 10.2 Å². The molecule has 0 saturated carbocycles. The van der Waals surface area contributed by atoms with Gasteiger partial charge in [-0.2, -0.15) is 0 Å². The second-order valence-electron chi connectivity index (χ2n) is 8.62. The van der Waals surface area contributed by atoms with Crippen LogP contribution in [-0.4, -0.2) is 28.8 Å². The number of hydrogen-bond donors (Lipinski definition) is 1. The second kappa shape index (κ2) is 11.8. The summed E-state index contributed by atoms with van der Waals surface area (Å²) < 4.78 is 0.942. The number of benzene rings is 3. The van der Waals surface area contributed by atoms with Crippen molar-refractivity contribution >= 4 is 27.7 Å². The summed E-state index contributed by atoms with van der Waals surface area (Å²) in [5.74, 6) is -0.203. The van der Waals surface area contributed by atoms with Gasteiger partial charge in [0, 0.05) is 23.5 Å². The van der Waals surface area contributed by atoms with Crippen LogP contribution in [0.25, 0.3) is 0 Å². The number of hydrogen-bond acceptors (Lipinski definition) is 2. The Morgan fingerprint density at radius 1 is 0.909 bits per heavy atom. The molecule has 5 heteroatoms. The molecule has 4 nitrogen and oxygen atoms in total. The molecule has 3 aromatic carbocycles. The van der Waals surface area contributed by atoms with Gasteiger partial charge in [-0.1, -0.05) is 82.7 Å². The molecule has 0 spiro atoms. The van der Waals surface area contributed by atoms with Gasteiger partial charge in [0.05, 0.1) is 6.42 Å². The molecule has 3 aromatic rings. The first-order valence-corrected chi connectivity index (χ1v) is 12.1. The average Bonchev–Trinajstić information content (AvgIpc) is 2.78. The highest BCUT2D eigenvalue weighted by Crippen LogP contribution is 2.20. The average molecular weight is 507 g/mol. The minimum absolute atomic E-state index is 0.0186.